The summed E-state index contributed by atoms with van der Waals surface area (Å²) in [5, 5.41) is 6.48. The second-order valence-corrected chi connectivity index (χ2v) is 3.58. The lowest BCUT2D eigenvalue weighted by Crippen LogP contribution is -1.89. The molecule has 0 saturated carbocycles. The Balaban J connectivity index is 2.51. The van der Waals surface area contributed by atoms with E-state index in [9.17, 15) is 8.78 Å². The predicted octanol–water partition coefficient (Wildman–Crippen LogP) is 2.90. The predicted molar refractivity (Wildman–Crippen MR) is 58.1 cm³/mol. The monoisotopic (exact) mass is 223 g/mol. The molecule has 0 saturated heterocycles. The Bertz CT molecular complexity index is 506. The van der Waals surface area contributed by atoms with Gasteiger partial charge < -0.3 is 5.73 Å². The summed E-state index contributed by atoms with van der Waals surface area (Å²) in [6.07, 6.45) is -2.47. The molecule has 0 aliphatic heterocycles. The number of aromatic nitrogens is 2. The van der Waals surface area contributed by atoms with Crippen LogP contribution in [-0.4, -0.2) is 10.2 Å². The fraction of sp³-hybridized carbons (Fsp3) is 0.182. The van der Waals surface area contributed by atoms with Gasteiger partial charge in [0.05, 0.1) is 5.69 Å². The molecule has 0 unspecified atom stereocenters. The first-order valence-electron chi connectivity index (χ1n) is 4.78. The van der Waals surface area contributed by atoms with Gasteiger partial charge in [-0.05, 0) is 18.6 Å². The molecule has 0 bridgehead atoms. The van der Waals surface area contributed by atoms with Gasteiger partial charge in [-0.1, -0.05) is 12.1 Å². The van der Waals surface area contributed by atoms with E-state index in [2.05, 4.69) is 10.2 Å². The molecule has 1 aromatic carbocycles. The zero-order valence-corrected chi connectivity index (χ0v) is 8.67. The molecule has 0 atom stereocenters. The normalized spacial score (nSPS) is 11.0. The van der Waals surface area contributed by atoms with Crippen LogP contribution in [0.4, 0.5) is 14.6 Å². The Labute approximate surface area is 91.3 Å². The highest BCUT2D eigenvalue weighted by Crippen LogP contribution is 2.28. The van der Waals surface area contributed by atoms with Crippen LogP contribution in [0.5, 0.6) is 0 Å². The summed E-state index contributed by atoms with van der Waals surface area (Å²) in [7, 11) is 0. The maximum Gasteiger partial charge on any atom is 0.263 e. The van der Waals surface area contributed by atoms with Gasteiger partial charge in [0.15, 0.2) is 0 Å². The molecule has 0 aliphatic carbocycles. The second-order valence-electron chi connectivity index (χ2n) is 3.58. The van der Waals surface area contributed by atoms with E-state index in [-0.39, 0.29) is 5.56 Å². The van der Waals surface area contributed by atoms with Crippen LogP contribution in [0, 0.1) is 6.92 Å². The van der Waals surface area contributed by atoms with Crippen molar-refractivity contribution in [3.05, 3.63) is 35.4 Å². The highest BCUT2D eigenvalue weighted by molar-refractivity contribution is 5.66. The standard InChI is InChI=1S/C11H11F2N3/c1-6-2-3-7(11(12)13)4-8(6)9-5-10(14)16-15-9/h2-5,11H,1H3,(H3,14,15,16). The van der Waals surface area contributed by atoms with E-state index in [1.54, 1.807) is 12.1 Å². The Morgan fingerprint density at radius 3 is 2.62 bits per heavy atom. The molecule has 0 amide bonds. The number of nitrogens with zero attached hydrogens (tertiary/aromatic N) is 1. The van der Waals surface area contributed by atoms with Crippen molar-refractivity contribution in [3.63, 3.8) is 0 Å². The summed E-state index contributed by atoms with van der Waals surface area (Å²) >= 11 is 0. The number of hydrogen-bond donors (Lipinski definition) is 2. The Hall–Kier alpha value is -1.91. The first-order chi connectivity index (χ1) is 7.58. The fourth-order valence-electron chi connectivity index (χ4n) is 1.54. The number of aryl methyl sites for hydroxylation is 1. The zero-order chi connectivity index (χ0) is 11.7. The topological polar surface area (TPSA) is 54.7 Å². The average molecular weight is 223 g/mol. The molecule has 2 aromatic rings. The van der Waals surface area contributed by atoms with Crippen LogP contribution >= 0.6 is 0 Å². The fourth-order valence-corrected chi connectivity index (χ4v) is 1.54. The second kappa shape index (κ2) is 3.92. The van der Waals surface area contributed by atoms with Gasteiger partial charge in [-0.2, -0.15) is 5.10 Å². The minimum Gasteiger partial charge on any atom is -0.382 e. The minimum absolute atomic E-state index is 0.00577. The molecule has 0 radical (unpaired) electrons. The van der Waals surface area contributed by atoms with E-state index in [0.29, 0.717) is 17.1 Å². The summed E-state index contributed by atoms with van der Waals surface area (Å²) in [6, 6.07) is 6.15. The Morgan fingerprint density at radius 2 is 2.06 bits per heavy atom. The molecule has 0 aliphatic rings. The molecule has 1 heterocycles. The lowest BCUT2D eigenvalue weighted by atomic mass is 10.0. The van der Waals surface area contributed by atoms with Crippen LogP contribution in [0.3, 0.4) is 0 Å². The molecule has 84 valence electrons. The highest BCUT2D eigenvalue weighted by atomic mass is 19.3. The maximum absolute atomic E-state index is 12.5. The molecule has 3 N–H and O–H groups in total. The maximum atomic E-state index is 12.5. The summed E-state index contributed by atoms with van der Waals surface area (Å²) in [5.74, 6) is 0.344. The quantitative estimate of drug-likeness (QED) is 0.822. The number of aromatic amines is 1. The number of benzene rings is 1. The number of anilines is 1. The Morgan fingerprint density at radius 1 is 1.31 bits per heavy atom. The SMILES string of the molecule is Cc1ccc(C(F)F)cc1-c1cc(N)n[nH]1. The van der Waals surface area contributed by atoms with Gasteiger partial charge in [0.2, 0.25) is 0 Å². The molecule has 3 nitrogen and oxygen atoms in total. The number of H-pyrrole nitrogens is 1. The third-order valence-corrected chi connectivity index (χ3v) is 2.40. The first-order valence-corrected chi connectivity index (χ1v) is 4.78. The summed E-state index contributed by atoms with van der Waals surface area (Å²) in [6.45, 7) is 1.85. The molecule has 2 rings (SSSR count). The molecule has 0 fully saturated rings. The van der Waals surface area contributed by atoms with Crippen molar-refractivity contribution in [3.8, 4) is 11.3 Å². The molecule has 16 heavy (non-hydrogen) atoms. The van der Waals surface area contributed by atoms with Crippen LogP contribution in [0.1, 0.15) is 17.6 Å². The van der Waals surface area contributed by atoms with Crippen LogP contribution in [0.25, 0.3) is 11.3 Å². The average Bonchev–Trinajstić information content (AvgIpc) is 2.65. The van der Waals surface area contributed by atoms with E-state index < -0.39 is 6.43 Å². The summed E-state index contributed by atoms with van der Waals surface area (Å²) in [4.78, 5) is 0. The number of nitrogens with two attached hydrogens (primary N) is 1. The summed E-state index contributed by atoms with van der Waals surface area (Å²) in [5.41, 5.74) is 7.71. The third-order valence-electron chi connectivity index (χ3n) is 2.40. The molecule has 5 heteroatoms. The van der Waals surface area contributed by atoms with Crippen molar-refractivity contribution in [2.45, 2.75) is 13.3 Å². The zero-order valence-electron chi connectivity index (χ0n) is 8.67. The van der Waals surface area contributed by atoms with Crippen molar-refractivity contribution in [2.75, 3.05) is 5.73 Å². The molecular formula is C11H11F2N3. The number of halogens is 2. The number of alkyl halides is 2. The van der Waals surface area contributed by atoms with Crippen molar-refractivity contribution >= 4 is 5.82 Å². The van der Waals surface area contributed by atoms with Crippen molar-refractivity contribution in [2.24, 2.45) is 0 Å². The van der Waals surface area contributed by atoms with Crippen LogP contribution < -0.4 is 5.73 Å². The third kappa shape index (κ3) is 1.88. The van der Waals surface area contributed by atoms with E-state index in [4.69, 9.17) is 5.73 Å². The number of rotatable bonds is 2. The molecule has 1 aromatic heterocycles. The van der Waals surface area contributed by atoms with Gasteiger partial charge >= 0.3 is 0 Å². The lowest BCUT2D eigenvalue weighted by Gasteiger charge is -2.06. The first kappa shape index (κ1) is 10.6. The Kier molecular flexibility index (Phi) is 2.60. The van der Waals surface area contributed by atoms with Crippen LogP contribution in [0.15, 0.2) is 24.3 Å². The highest BCUT2D eigenvalue weighted by Gasteiger charge is 2.11. The number of nitrogen functional groups attached to an aromatic ring is 1. The van der Waals surface area contributed by atoms with Gasteiger partial charge in [-0.25, -0.2) is 8.78 Å². The smallest absolute Gasteiger partial charge is 0.263 e. The van der Waals surface area contributed by atoms with Gasteiger partial charge in [0.1, 0.15) is 5.82 Å². The number of nitrogens with one attached hydrogen (secondary N) is 1. The van der Waals surface area contributed by atoms with Crippen molar-refractivity contribution in [1.82, 2.24) is 10.2 Å². The lowest BCUT2D eigenvalue weighted by molar-refractivity contribution is 0.151. The van der Waals surface area contributed by atoms with Crippen LogP contribution in [-0.2, 0) is 0 Å². The molecule has 0 spiro atoms. The molecular weight excluding hydrogens is 212 g/mol. The van der Waals surface area contributed by atoms with Gasteiger partial charge in [0, 0.05) is 17.2 Å². The van der Waals surface area contributed by atoms with Gasteiger partial charge in [0.25, 0.3) is 6.43 Å². The minimum atomic E-state index is -2.47. The number of hydrogen-bond acceptors (Lipinski definition) is 2. The van der Waals surface area contributed by atoms with Crippen molar-refractivity contribution < 1.29 is 8.78 Å². The van der Waals surface area contributed by atoms with E-state index >= 15 is 0 Å². The summed E-state index contributed by atoms with van der Waals surface area (Å²) < 4.78 is 25.1. The van der Waals surface area contributed by atoms with E-state index in [0.717, 1.165) is 5.56 Å². The van der Waals surface area contributed by atoms with Gasteiger partial charge in [-0.15, -0.1) is 0 Å². The largest absolute Gasteiger partial charge is 0.382 e. The van der Waals surface area contributed by atoms with E-state index in [1.807, 2.05) is 6.92 Å². The van der Waals surface area contributed by atoms with Crippen molar-refractivity contribution in [1.29, 1.82) is 0 Å². The van der Waals surface area contributed by atoms with Gasteiger partial charge in [-0.3, -0.25) is 5.10 Å². The van der Waals surface area contributed by atoms with Crippen LogP contribution in [0.2, 0.25) is 0 Å². The van der Waals surface area contributed by atoms with E-state index in [1.165, 1.54) is 12.1 Å².